The molecule has 0 aromatic carbocycles. The minimum atomic E-state index is -0.730. The highest BCUT2D eigenvalue weighted by Gasteiger charge is 2.43. The van der Waals surface area contributed by atoms with Crippen molar-refractivity contribution < 1.29 is 28.5 Å². The third-order valence-corrected chi connectivity index (χ3v) is 3.38. The van der Waals surface area contributed by atoms with Crippen LogP contribution in [0.2, 0.25) is 0 Å². The summed E-state index contributed by atoms with van der Waals surface area (Å²) in [5, 5.41) is 0. The maximum atomic E-state index is 11.2. The molecule has 0 saturated carbocycles. The molecule has 0 amide bonds. The number of esters is 2. The Morgan fingerprint density at radius 2 is 1.52 bits per heavy atom. The van der Waals surface area contributed by atoms with Crippen molar-refractivity contribution in [3.8, 4) is 0 Å². The molecule has 0 bridgehead atoms. The zero-order chi connectivity index (χ0) is 15.9. The van der Waals surface area contributed by atoms with Crippen molar-refractivity contribution in [2.75, 3.05) is 26.4 Å². The minimum absolute atomic E-state index is 0.0159. The van der Waals surface area contributed by atoms with E-state index in [0.717, 1.165) is 12.2 Å². The summed E-state index contributed by atoms with van der Waals surface area (Å²) in [7, 11) is 0. The molecule has 0 N–H and O–H groups in total. The number of carbonyl (C=O) groups is 2. The van der Waals surface area contributed by atoms with E-state index in [2.05, 4.69) is 13.2 Å². The lowest BCUT2D eigenvalue weighted by Crippen LogP contribution is -2.52. The Bertz CT molecular complexity index is 380. The zero-order valence-corrected chi connectivity index (χ0v) is 12.6. The normalized spacial score (nSPS) is 19.3. The average Bonchev–Trinajstić information content (AvgIpc) is 2.52. The van der Waals surface area contributed by atoms with Crippen LogP contribution in [0.15, 0.2) is 25.3 Å². The van der Waals surface area contributed by atoms with Crippen molar-refractivity contribution in [2.24, 2.45) is 5.41 Å². The molecule has 1 fully saturated rings. The van der Waals surface area contributed by atoms with Crippen molar-refractivity contribution >= 4 is 11.9 Å². The highest BCUT2D eigenvalue weighted by atomic mass is 16.7. The largest absolute Gasteiger partial charge is 0.462 e. The molecule has 1 aliphatic rings. The lowest BCUT2D eigenvalue weighted by molar-refractivity contribution is -0.305. The fourth-order valence-electron chi connectivity index (χ4n) is 1.67. The summed E-state index contributed by atoms with van der Waals surface area (Å²) in [5.74, 6) is -1.77. The van der Waals surface area contributed by atoms with Gasteiger partial charge in [-0.05, 0) is 13.3 Å². The maximum Gasteiger partial charge on any atom is 0.330 e. The molecule has 0 atom stereocenters. The molecule has 118 valence electrons. The summed E-state index contributed by atoms with van der Waals surface area (Å²) in [6.07, 6.45) is 2.83. The number of hydrogen-bond acceptors (Lipinski definition) is 6. The van der Waals surface area contributed by atoms with Crippen LogP contribution in [0.1, 0.15) is 20.3 Å². The first kappa shape index (κ1) is 17.4. The highest BCUT2D eigenvalue weighted by molar-refractivity contribution is 5.81. The smallest absolute Gasteiger partial charge is 0.330 e. The Labute approximate surface area is 124 Å². The Morgan fingerprint density at radius 1 is 1.10 bits per heavy atom. The topological polar surface area (TPSA) is 71.1 Å². The molecule has 6 nitrogen and oxygen atoms in total. The molecule has 1 saturated heterocycles. The van der Waals surface area contributed by atoms with Gasteiger partial charge in [0.05, 0.1) is 18.6 Å². The van der Waals surface area contributed by atoms with Gasteiger partial charge in [0.1, 0.15) is 13.2 Å². The Balaban J connectivity index is 2.71. The Morgan fingerprint density at radius 3 is 1.86 bits per heavy atom. The third-order valence-electron chi connectivity index (χ3n) is 3.38. The van der Waals surface area contributed by atoms with Gasteiger partial charge in [0.2, 0.25) is 0 Å². The molecule has 0 unspecified atom stereocenters. The van der Waals surface area contributed by atoms with Crippen LogP contribution < -0.4 is 0 Å². The molecular weight excluding hydrogens is 276 g/mol. The van der Waals surface area contributed by atoms with Crippen molar-refractivity contribution in [1.82, 2.24) is 0 Å². The predicted molar refractivity (Wildman–Crippen MR) is 75.3 cm³/mol. The Hall–Kier alpha value is -1.66. The molecule has 1 heterocycles. The van der Waals surface area contributed by atoms with Gasteiger partial charge < -0.3 is 18.9 Å². The van der Waals surface area contributed by atoms with Gasteiger partial charge in [-0.2, -0.15) is 0 Å². The first-order valence-electron chi connectivity index (χ1n) is 6.75. The van der Waals surface area contributed by atoms with Crippen LogP contribution in [0.4, 0.5) is 0 Å². The van der Waals surface area contributed by atoms with Crippen LogP contribution in [0, 0.1) is 5.41 Å². The van der Waals surface area contributed by atoms with E-state index >= 15 is 0 Å². The van der Waals surface area contributed by atoms with Gasteiger partial charge in [-0.1, -0.05) is 20.1 Å². The number of carbonyl (C=O) groups excluding carboxylic acids is 2. The number of rotatable bonds is 7. The van der Waals surface area contributed by atoms with Gasteiger partial charge in [-0.15, -0.1) is 0 Å². The Kier molecular flexibility index (Phi) is 6.11. The van der Waals surface area contributed by atoms with Crippen LogP contribution in [0.3, 0.4) is 0 Å². The summed E-state index contributed by atoms with van der Waals surface area (Å²) in [5.41, 5.74) is -0.730. The van der Waals surface area contributed by atoms with E-state index in [1.807, 2.05) is 13.8 Å². The number of ether oxygens (including phenoxy) is 4. The summed E-state index contributed by atoms with van der Waals surface area (Å²) in [4.78, 5) is 22.5. The molecular formula is C15H22O6. The summed E-state index contributed by atoms with van der Waals surface area (Å²) < 4.78 is 21.5. The first-order valence-corrected chi connectivity index (χ1v) is 6.75. The monoisotopic (exact) mass is 298 g/mol. The van der Waals surface area contributed by atoms with Crippen molar-refractivity contribution in [3.05, 3.63) is 25.3 Å². The fraction of sp³-hybridized carbons (Fsp3) is 0.600. The predicted octanol–water partition coefficient (Wildman–Crippen LogP) is 1.60. The fourth-order valence-corrected chi connectivity index (χ4v) is 1.67. The van der Waals surface area contributed by atoms with E-state index < -0.39 is 23.1 Å². The average molecular weight is 298 g/mol. The van der Waals surface area contributed by atoms with Gasteiger partial charge >= 0.3 is 11.9 Å². The van der Waals surface area contributed by atoms with E-state index in [0.29, 0.717) is 6.42 Å². The molecule has 0 aromatic rings. The second kappa shape index (κ2) is 7.38. The van der Waals surface area contributed by atoms with Gasteiger partial charge in [0.25, 0.3) is 0 Å². The lowest BCUT2D eigenvalue weighted by atomic mass is 9.90. The number of hydrogen-bond donors (Lipinski definition) is 0. The molecule has 21 heavy (non-hydrogen) atoms. The van der Waals surface area contributed by atoms with Crippen molar-refractivity contribution in [3.63, 3.8) is 0 Å². The van der Waals surface area contributed by atoms with E-state index in [-0.39, 0.29) is 26.4 Å². The molecule has 0 radical (unpaired) electrons. The molecule has 1 aliphatic heterocycles. The SMILES string of the molecule is C=CC(=O)OCC1(COC(=O)C=C)COC(C)(CC)OC1. The van der Waals surface area contributed by atoms with Crippen LogP contribution in [0.25, 0.3) is 0 Å². The molecule has 0 aliphatic carbocycles. The zero-order valence-electron chi connectivity index (χ0n) is 12.6. The summed E-state index contributed by atoms with van der Waals surface area (Å²) in [6, 6.07) is 0. The van der Waals surface area contributed by atoms with E-state index in [1.165, 1.54) is 0 Å². The van der Waals surface area contributed by atoms with Gasteiger partial charge in [0, 0.05) is 12.2 Å². The van der Waals surface area contributed by atoms with Crippen molar-refractivity contribution in [1.29, 1.82) is 0 Å². The van der Waals surface area contributed by atoms with E-state index in [9.17, 15) is 9.59 Å². The quantitative estimate of drug-likeness (QED) is 0.525. The van der Waals surface area contributed by atoms with Gasteiger partial charge in [-0.25, -0.2) is 9.59 Å². The summed E-state index contributed by atoms with van der Waals surface area (Å²) >= 11 is 0. The van der Waals surface area contributed by atoms with Gasteiger partial charge in [0.15, 0.2) is 5.79 Å². The molecule has 0 aromatic heterocycles. The second-order valence-corrected chi connectivity index (χ2v) is 5.19. The third kappa shape index (κ3) is 4.99. The highest BCUT2D eigenvalue weighted by Crippen LogP contribution is 2.32. The van der Waals surface area contributed by atoms with Crippen LogP contribution in [0.5, 0.6) is 0 Å². The second-order valence-electron chi connectivity index (χ2n) is 5.19. The first-order chi connectivity index (χ1) is 9.88. The minimum Gasteiger partial charge on any atom is -0.462 e. The summed E-state index contributed by atoms with van der Waals surface area (Å²) in [6.45, 7) is 11.0. The molecule has 6 heteroatoms. The van der Waals surface area contributed by atoms with E-state index in [1.54, 1.807) is 0 Å². The molecule has 1 rings (SSSR count). The van der Waals surface area contributed by atoms with E-state index in [4.69, 9.17) is 18.9 Å². The standard InChI is InChI=1S/C15H22O6/c1-5-12(16)18-8-15(9-19-13(17)6-2)10-20-14(4,7-3)21-11-15/h5-6H,1-2,7-11H2,3-4H3. The van der Waals surface area contributed by atoms with Crippen LogP contribution in [-0.4, -0.2) is 44.2 Å². The maximum absolute atomic E-state index is 11.2. The van der Waals surface area contributed by atoms with Gasteiger partial charge in [-0.3, -0.25) is 0 Å². The van der Waals surface area contributed by atoms with Crippen LogP contribution in [-0.2, 0) is 28.5 Å². The van der Waals surface area contributed by atoms with Crippen LogP contribution >= 0.6 is 0 Å². The van der Waals surface area contributed by atoms with Crippen molar-refractivity contribution in [2.45, 2.75) is 26.1 Å². The molecule has 0 spiro atoms. The lowest BCUT2D eigenvalue weighted by Gasteiger charge is -2.43.